The summed E-state index contributed by atoms with van der Waals surface area (Å²) in [5.41, 5.74) is -0.0520. The lowest BCUT2D eigenvalue weighted by molar-refractivity contribution is -0.170. The summed E-state index contributed by atoms with van der Waals surface area (Å²) < 4.78 is 11.2. The summed E-state index contributed by atoms with van der Waals surface area (Å²) in [4.78, 5) is 36.2. The minimum absolute atomic E-state index is 0.00805. The molecule has 3 aliphatic rings. The first-order chi connectivity index (χ1) is 16.1. The number of rotatable bonds is 11. The molecule has 7 atom stereocenters. The van der Waals surface area contributed by atoms with Crippen molar-refractivity contribution >= 4 is 17.9 Å². The van der Waals surface area contributed by atoms with E-state index in [0.717, 1.165) is 5.57 Å². The maximum absolute atomic E-state index is 13.1. The first-order valence-corrected chi connectivity index (χ1v) is 12.4. The minimum Gasteiger partial charge on any atom is -0.481 e. The van der Waals surface area contributed by atoms with Crippen molar-refractivity contribution in [2.24, 2.45) is 29.1 Å². The first kappa shape index (κ1) is 26.4. The number of carboxylic acid groups (broad SMARTS) is 1. The second kappa shape index (κ2) is 11.0. The molecule has 0 bridgehead atoms. The van der Waals surface area contributed by atoms with Gasteiger partial charge in [-0.25, -0.2) is 0 Å². The van der Waals surface area contributed by atoms with Crippen LogP contribution in [0.15, 0.2) is 23.8 Å². The zero-order chi connectivity index (χ0) is 25.0. The van der Waals surface area contributed by atoms with Crippen LogP contribution in [0.5, 0.6) is 0 Å². The molecule has 3 rings (SSSR count). The van der Waals surface area contributed by atoms with Crippen LogP contribution in [0.4, 0.5) is 0 Å². The van der Waals surface area contributed by atoms with E-state index >= 15 is 0 Å². The van der Waals surface area contributed by atoms with Gasteiger partial charge in [0.25, 0.3) is 0 Å². The molecule has 0 unspecified atom stereocenters. The molecule has 0 aliphatic heterocycles. The lowest BCUT2D eigenvalue weighted by atomic mass is 9.65. The number of allylic oxidation sites excluding steroid dienone is 3. The van der Waals surface area contributed by atoms with Crippen LogP contribution >= 0.6 is 0 Å². The second-order valence-electron chi connectivity index (χ2n) is 10.3. The number of esters is 2. The van der Waals surface area contributed by atoms with Gasteiger partial charge in [-0.05, 0) is 68.8 Å². The van der Waals surface area contributed by atoms with Gasteiger partial charge in [-0.2, -0.15) is 0 Å². The summed E-state index contributed by atoms with van der Waals surface area (Å²) in [6.07, 6.45) is 6.37. The van der Waals surface area contributed by atoms with Gasteiger partial charge in [-0.3, -0.25) is 14.4 Å². The number of aliphatic hydroxyl groups is 2. The summed E-state index contributed by atoms with van der Waals surface area (Å²) in [5, 5.41) is 29.1. The van der Waals surface area contributed by atoms with E-state index in [1.807, 2.05) is 0 Å². The molecule has 34 heavy (non-hydrogen) atoms. The zero-order valence-electron chi connectivity index (χ0n) is 20.3. The van der Waals surface area contributed by atoms with Gasteiger partial charge >= 0.3 is 17.9 Å². The van der Waals surface area contributed by atoms with Crippen molar-refractivity contribution in [3.63, 3.8) is 0 Å². The molecule has 0 aromatic heterocycles. The minimum atomic E-state index is -1.16. The Balaban J connectivity index is 1.70. The first-order valence-electron chi connectivity index (χ1n) is 12.4. The Kier molecular flexibility index (Phi) is 8.57. The number of ether oxygens (including phenoxy) is 2. The van der Waals surface area contributed by atoms with Gasteiger partial charge in [0.15, 0.2) is 5.41 Å². The third kappa shape index (κ3) is 6.08. The Bertz CT molecular complexity index is 827. The molecule has 3 N–H and O–H groups in total. The molecule has 0 amide bonds. The SMILES string of the molecule is CCOC(=O)C1(C(=O)O[C@H]2C[C@@H](C)C=C3C=C[C@H](C)[C@H](CC[C@@H](O)C[C@@H](O)CC(=O)O)[C@H]32)CC1. The monoisotopic (exact) mass is 478 g/mol. The fourth-order valence-electron chi connectivity index (χ4n) is 5.46. The van der Waals surface area contributed by atoms with E-state index in [1.165, 1.54) is 0 Å². The molecule has 1 saturated carbocycles. The smallest absolute Gasteiger partial charge is 0.323 e. The number of carboxylic acids is 1. The van der Waals surface area contributed by atoms with E-state index in [1.54, 1.807) is 6.92 Å². The molecule has 0 aromatic rings. The van der Waals surface area contributed by atoms with E-state index in [4.69, 9.17) is 14.6 Å². The molecule has 8 heteroatoms. The maximum atomic E-state index is 13.1. The van der Waals surface area contributed by atoms with Crippen molar-refractivity contribution in [3.8, 4) is 0 Å². The van der Waals surface area contributed by atoms with Gasteiger partial charge in [0.1, 0.15) is 6.10 Å². The topological polar surface area (TPSA) is 130 Å². The second-order valence-corrected chi connectivity index (χ2v) is 10.3. The third-order valence-electron chi connectivity index (χ3n) is 7.45. The standard InChI is InChI=1S/C26H38O8/c1-4-33-24(31)26(9-10-26)25(32)34-21-12-15(2)11-17-6-5-16(3)20(23(17)21)8-7-18(27)13-19(28)14-22(29)30/h5-6,11,15-16,18-21,23,27-28H,4,7-10,12-14H2,1-3H3,(H,29,30)/t15-,16-,18+,19+,20-,21-,23-/m0/s1. The zero-order valence-corrected chi connectivity index (χ0v) is 20.3. The Labute approximate surface area is 201 Å². The number of hydrogen-bond acceptors (Lipinski definition) is 7. The number of fused-ring (bicyclic) bond motifs is 1. The van der Waals surface area contributed by atoms with Gasteiger partial charge < -0.3 is 24.8 Å². The van der Waals surface area contributed by atoms with Crippen molar-refractivity contribution in [2.45, 2.75) is 84.0 Å². The van der Waals surface area contributed by atoms with Crippen LogP contribution in [0, 0.1) is 29.1 Å². The summed E-state index contributed by atoms with van der Waals surface area (Å²) in [6.45, 7) is 6.12. The van der Waals surface area contributed by atoms with Gasteiger partial charge in [-0.15, -0.1) is 0 Å². The average Bonchev–Trinajstić information content (AvgIpc) is 3.55. The fourth-order valence-corrected chi connectivity index (χ4v) is 5.46. The quantitative estimate of drug-likeness (QED) is 0.305. The molecule has 0 saturated heterocycles. The molecule has 0 aromatic carbocycles. The van der Waals surface area contributed by atoms with Crippen molar-refractivity contribution in [1.29, 1.82) is 0 Å². The van der Waals surface area contributed by atoms with Gasteiger partial charge in [0, 0.05) is 5.92 Å². The summed E-state index contributed by atoms with van der Waals surface area (Å²) in [7, 11) is 0. The Hall–Kier alpha value is -2.19. The molecule has 3 aliphatic carbocycles. The Morgan fingerprint density at radius 1 is 1.15 bits per heavy atom. The van der Waals surface area contributed by atoms with Crippen molar-refractivity contribution < 1.29 is 39.2 Å². The molecule has 8 nitrogen and oxygen atoms in total. The van der Waals surface area contributed by atoms with Crippen molar-refractivity contribution in [1.82, 2.24) is 0 Å². The third-order valence-corrected chi connectivity index (χ3v) is 7.45. The summed E-state index contributed by atoms with van der Waals surface area (Å²) >= 11 is 0. The predicted molar refractivity (Wildman–Crippen MR) is 123 cm³/mol. The molecule has 0 spiro atoms. The number of carbonyl (C=O) groups excluding carboxylic acids is 2. The van der Waals surface area contributed by atoms with Crippen molar-refractivity contribution in [3.05, 3.63) is 23.8 Å². The highest BCUT2D eigenvalue weighted by molar-refractivity contribution is 6.03. The number of hydrogen-bond donors (Lipinski definition) is 3. The molecular weight excluding hydrogens is 440 g/mol. The normalized spacial score (nSPS) is 31.0. The largest absolute Gasteiger partial charge is 0.481 e. The van der Waals surface area contributed by atoms with Crippen LogP contribution in [0.2, 0.25) is 0 Å². The van der Waals surface area contributed by atoms with E-state index < -0.39 is 42.0 Å². The highest BCUT2D eigenvalue weighted by atomic mass is 16.6. The number of aliphatic hydroxyl groups excluding tert-OH is 2. The van der Waals surface area contributed by atoms with Crippen LogP contribution in [0.1, 0.15) is 65.7 Å². The van der Waals surface area contributed by atoms with Crippen LogP contribution in [-0.2, 0) is 23.9 Å². The Morgan fingerprint density at radius 2 is 1.85 bits per heavy atom. The lowest BCUT2D eigenvalue weighted by Gasteiger charge is -2.43. The molecule has 0 heterocycles. The number of carbonyl (C=O) groups is 3. The average molecular weight is 479 g/mol. The van der Waals surface area contributed by atoms with Gasteiger partial charge in [0.2, 0.25) is 0 Å². The van der Waals surface area contributed by atoms with Crippen LogP contribution in [0.3, 0.4) is 0 Å². The Morgan fingerprint density at radius 3 is 2.47 bits per heavy atom. The van der Waals surface area contributed by atoms with Crippen molar-refractivity contribution in [2.75, 3.05) is 6.61 Å². The highest BCUT2D eigenvalue weighted by Crippen LogP contribution is 2.50. The molecule has 0 radical (unpaired) electrons. The fraction of sp³-hybridized carbons (Fsp3) is 0.731. The maximum Gasteiger partial charge on any atom is 0.323 e. The molecular formula is C26H38O8. The highest BCUT2D eigenvalue weighted by Gasteiger charge is 2.60. The van der Waals surface area contributed by atoms with E-state index in [0.29, 0.717) is 32.1 Å². The van der Waals surface area contributed by atoms with Crippen LogP contribution in [0.25, 0.3) is 0 Å². The summed E-state index contributed by atoms with van der Waals surface area (Å²) in [5.74, 6) is -1.64. The molecule has 1 fully saturated rings. The van der Waals surface area contributed by atoms with Gasteiger partial charge in [0.05, 0.1) is 25.2 Å². The van der Waals surface area contributed by atoms with E-state index in [2.05, 4.69) is 32.1 Å². The molecule has 190 valence electrons. The van der Waals surface area contributed by atoms with E-state index in [9.17, 15) is 24.6 Å². The van der Waals surface area contributed by atoms with Crippen LogP contribution in [-0.4, -0.2) is 58.1 Å². The lowest BCUT2D eigenvalue weighted by Crippen LogP contribution is -2.43. The van der Waals surface area contributed by atoms with Crippen LogP contribution < -0.4 is 0 Å². The van der Waals surface area contributed by atoms with Gasteiger partial charge in [-0.1, -0.05) is 32.1 Å². The predicted octanol–water partition coefficient (Wildman–Crippen LogP) is 3.01. The number of aliphatic carboxylic acids is 1. The summed E-state index contributed by atoms with van der Waals surface area (Å²) in [6, 6.07) is 0. The van der Waals surface area contributed by atoms with E-state index in [-0.39, 0.29) is 42.8 Å².